The molecule has 4 N–H and O–H groups in total. The molecule has 0 aliphatic rings. The Morgan fingerprint density at radius 1 is 1.60 bits per heavy atom. The first kappa shape index (κ1) is 9.84. The minimum Gasteiger partial charge on any atom is -0.390 e. The van der Waals surface area contributed by atoms with Crippen molar-refractivity contribution in [1.82, 2.24) is 5.48 Å². The molecule has 0 saturated heterocycles. The topological polar surface area (TPSA) is 72.7 Å². The fraction of sp³-hybridized carbons (Fsp3) is 1.00. The summed E-state index contributed by atoms with van der Waals surface area (Å²) in [5.74, 6) is 0. The van der Waals surface area contributed by atoms with E-state index in [0.717, 1.165) is 0 Å². The van der Waals surface area contributed by atoms with Crippen molar-refractivity contribution in [1.29, 1.82) is 0 Å². The monoisotopic (exact) mass is 149 g/mol. The molecule has 0 heterocycles. The maximum Gasteiger partial charge on any atom is 0.129 e. The highest BCUT2D eigenvalue weighted by molar-refractivity contribution is 4.71. The standard InChI is InChI=1S/C6H15NO3/c1-3-6(2,9)4-5(8)7-10/h5,7-10H,3-4H2,1-2H3. The van der Waals surface area contributed by atoms with Gasteiger partial charge in [0.25, 0.3) is 0 Å². The van der Waals surface area contributed by atoms with Gasteiger partial charge in [0.1, 0.15) is 6.23 Å². The van der Waals surface area contributed by atoms with Gasteiger partial charge in [0, 0.05) is 6.42 Å². The molecule has 4 heteroatoms. The van der Waals surface area contributed by atoms with Crippen LogP contribution in [0.5, 0.6) is 0 Å². The van der Waals surface area contributed by atoms with Crippen LogP contribution < -0.4 is 5.48 Å². The second-order valence-corrected chi connectivity index (χ2v) is 2.70. The Morgan fingerprint density at radius 3 is 2.40 bits per heavy atom. The van der Waals surface area contributed by atoms with Gasteiger partial charge in [-0.3, -0.25) is 0 Å². The molecule has 4 nitrogen and oxygen atoms in total. The van der Waals surface area contributed by atoms with Crippen LogP contribution in [0.2, 0.25) is 0 Å². The number of aliphatic hydroxyl groups excluding tert-OH is 1. The Kier molecular flexibility index (Phi) is 3.81. The van der Waals surface area contributed by atoms with Crippen molar-refractivity contribution in [3.8, 4) is 0 Å². The van der Waals surface area contributed by atoms with Crippen LogP contribution in [0.3, 0.4) is 0 Å². The summed E-state index contributed by atoms with van der Waals surface area (Å²) in [6.07, 6.45) is -0.374. The Balaban J connectivity index is 3.64. The summed E-state index contributed by atoms with van der Waals surface area (Å²) >= 11 is 0. The number of hydrogen-bond donors (Lipinski definition) is 4. The zero-order chi connectivity index (χ0) is 8.20. The van der Waals surface area contributed by atoms with Gasteiger partial charge in [0.2, 0.25) is 0 Å². The molecule has 0 bridgehead atoms. The van der Waals surface area contributed by atoms with Crippen molar-refractivity contribution in [2.75, 3.05) is 0 Å². The summed E-state index contributed by atoms with van der Waals surface area (Å²) in [6.45, 7) is 3.41. The average molecular weight is 149 g/mol. The van der Waals surface area contributed by atoms with E-state index in [1.54, 1.807) is 12.4 Å². The number of hydroxylamine groups is 1. The molecule has 62 valence electrons. The molecule has 0 aliphatic heterocycles. The summed E-state index contributed by atoms with van der Waals surface area (Å²) in [4.78, 5) is 0. The third-order valence-corrected chi connectivity index (χ3v) is 1.54. The van der Waals surface area contributed by atoms with E-state index in [1.807, 2.05) is 6.92 Å². The Morgan fingerprint density at radius 2 is 2.10 bits per heavy atom. The molecular formula is C6H15NO3. The molecule has 0 aromatic carbocycles. The summed E-state index contributed by atoms with van der Waals surface area (Å²) in [5, 5.41) is 26.3. The van der Waals surface area contributed by atoms with Crippen molar-refractivity contribution >= 4 is 0 Å². The van der Waals surface area contributed by atoms with Gasteiger partial charge in [-0.25, -0.2) is 0 Å². The van der Waals surface area contributed by atoms with Crippen LogP contribution in [-0.4, -0.2) is 27.2 Å². The fourth-order valence-corrected chi connectivity index (χ4v) is 0.607. The van der Waals surface area contributed by atoms with Gasteiger partial charge in [0.15, 0.2) is 0 Å². The van der Waals surface area contributed by atoms with Crippen molar-refractivity contribution < 1.29 is 15.4 Å². The van der Waals surface area contributed by atoms with Crippen molar-refractivity contribution in [3.05, 3.63) is 0 Å². The lowest BCUT2D eigenvalue weighted by molar-refractivity contribution is -0.0592. The normalized spacial score (nSPS) is 20.1. The quantitative estimate of drug-likeness (QED) is 0.331. The van der Waals surface area contributed by atoms with E-state index < -0.39 is 11.8 Å². The second kappa shape index (κ2) is 3.88. The lowest BCUT2D eigenvalue weighted by Gasteiger charge is -2.23. The highest BCUT2D eigenvalue weighted by atomic mass is 16.5. The van der Waals surface area contributed by atoms with Crippen LogP contribution in [0, 0.1) is 0 Å². The van der Waals surface area contributed by atoms with Crippen molar-refractivity contribution in [3.63, 3.8) is 0 Å². The van der Waals surface area contributed by atoms with Gasteiger partial charge in [0.05, 0.1) is 5.60 Å². The van der Waals surface area contributed by atoms with E-state index in [0.29, 0.717) is 6.42 Å². The predicted molar refractivity (Wildman–Crippen MR) is 36.5 cm³/mol. The highest BCUT2D eigenvalue weighted by Gasteiger charge is 2.21. The summed E-state index contributed by atoms with van der Waals surface area (Å²) in [6, 6.07) is 0. The van der Waals surface area contributed by atoms with Gasteiger partial charge in [-0.2, -0.15) is 5.48 Å². The van der Waals surface area contributed by atoms with Gasteiger partial charge < -0.3 is 15.4 Å². The minimum atomic E-state index is -1.05. The van der Waals surface area contributed by atoms with Gasteiger partial charge in [-0.05, 0) is 13.3 Å². The van der Waals surface area contributed by atoms with Crippen molar-refractivity contribution in [2.45, 2.75) is 38.5 Å². The van der Waals surface area contributed by atoms with Crippen LogP contribution in [0.4, 0.5) is 0 Å². The van der Waals surface area contributed by atoms with E-state index in [2.05, 4.69) is 0 Å². The number of nitrogens with one attached hydrogen (secondary N) is 1. The fourth-order valence-electron chi connectivity index (χ4n) is 0.607. The van der Waals surface area contributed by atoms with E-state index in [1.165, 1.54) is 0 Å². The molecule has 0 radical (unpaired) electrons. The van der Waals surface area contributed by atoms with E-state index >= 15 is 0 Å². The van der Waals surface area contributed by atoms with Gasteiger partial charge in [-0.15, -0.1) is 0 Å². The Hall–Kier alpha value is -0.160. The predicted octanol–water partition coefficient (Wildman–Crippen LogP) is -0.165. The average Bonchev–Trinajstić information content (AvgIpc) is 1.87. The van der Waals surface area contributed by atoms with E-state index in [4.69, 9.17) is 10.3 Å². The van der Waals surface area contributed by atoms with Crippen LogP contribution in [0.1, 0.15) is 26.7 Å². The zero-order valence-electron chi connectivity index (χ0n) is 6.33. The van der Waals surface area contributed by atoms with E-state index in [-0.39, 0.29) is 6.42 Å². The SMILES string of the molecule is CCC(C)(O)CC(O)NO. The third kappa shape index (κ3) is 3.79. The molecule has 0 aromatic rings. The molecule has 10 heavy (non-hydrogen) atoms. The summed E-state index contributed by atoms with van der Waals surface area (Å²) in [7, 11) is 0. The maximum absolute atomic E-state index is 9.31. The first-order valence-electron chi connectivity index (χ1n) is 3.32. The van der Waals surface area contributed by atoms with Gasteiger partial charge in [-0.1, -0.05) is 6.92 Å². The smallest absolute Gasteiger partial charge is 0.129 e. The van der Waals surface area contributed by atoms with Crippen LogP contribution >= 0.6 is 0 Å². The molecular weight excluding hydrogens is 134 g/mol. The first-order valence-corrected chi connectivity index (χ1v) is 3.32. The maximum atomic E-state index is 9.31. The molecule has 0 aromatic heterocycles. The lowest BCUT2D eigenvalue weighted by Crippen LogP contribution is -2.36. The molecule has 0 fully saturated rings. The van der Waals surface area contributed by atoms with Crippen LogP contribution in [-0.2, 0) is 0 Å². The van der Waals surface area contributed by atoms with Gasteiger partial charge >= 0.3 is 0 Å². The molecule has 2 atom stereocenters. The summed E-state index contributed by atoms with van der Waals surface area (Å²) in [5.41, 5.74) is 0.743. The molecule has 0 amide bonds. The molecule has 2 unspecified atom stereocenters. The molecule has 0 saturated carbocycles. The van der Waals surface area contributed by atoms with Crippen LogP contribution in [0.15, 0.2) is 0 Å². The number of hydrogen-bond acceptors (Lipinski definition) is 4. The Labute approximate surface area is 60.5 Å². The number of rotatable bonds is 4. The third-order valence-electron chi connectivity index (χ3n) is 1.54. The van der Waals surface area contributed by atoms with Crippen molar-refractivity contribution in [2.24, 2.45) is 0 Å². The van der Waals surface area contributed by atoms with Crippen LogP contribution in [0.25, 0.3) is 0 Å². The molecule has 0 rings (SSSR count). The molecule has 0 spiro atoms. The summed E-state index contributed by atoms with van der Waals surface area (Å²) < 4.78 is 0. The van der Waals surface area contributed by atoms with E-state index in [9.17, 15) is 5.11 Å². The largest absolute Gasteiger partial charge is 0.390 e. The lowest BCUT2D eigenvalue weighted by atomic mass is 9.99. The second-order valence-electron chi connectivity index (χ2n) is 2.70. The highest BCUT2D eigenvalue weighted by Crippen LogP contribution is 2.14. The zero-order valence-corrected chi connectivity index (χ0v) is 6.33. The first-order chi connectivity index (χ1) is 4.52. The number of aliphatic hydroxyl groups is 2. The Bertz CT molecular complexity index is 95.0. The molecule has 0 aliphatic carbocycles. The minimum absolute atomic E-state index is 0.125.